The summed E-state index contributed by atoms with van der Waals surface area (Å²) >= 11 is 0. The van der Waals surface area contributed by atoms with Crippen LogP contribution in [0, 0.1) is 0 Å². The van der Waals surface area contributed by atoms with E-state index in [1.54, 1.807) is 20.8 Å². The molecule has 0 spiro atoms. The zero-order valence-corrected chi connectivity index (χ0v) is 15.5. The van der Waals surface area contributed by atoms with Gasteiger partial charge < -0.3 is 14.8 Å². The van der Waals surface area contributed by atoms with E-state index in [0.29, 0.717) is 6.42 Å². The fourth-order valence-electron chi connectivity index (χ4n) is 2.49. The number of nitrogens with one attached hydrogen (secondary N) is 1. The maximum Gasteiger partial charge on any atom is 0.408 e. The monoisotopic (exact) mass is 355 g/mol. The Balaban J connectivity index is 2.17. The van der Waals surface area contributed by atoms with E-state index in [2.05, 4.69) is 11.9 Å². The molecule has 5 nitrogen and oxygen atoms in total. The molecule has 0 unspecified atom stereocenters. The molecule has 0 aliphatic carbocycles. The Morgan fingerprint density at radius 3 is 2.50 bits per heavy atom. The molecule has 0 bridgehead atoms. The highest BCUT2D eigenvalue weighted by Gasteiger charge is 2.25. The third-order valence-corrected chi connectivity index (χ3v) is 3.57. The van der Waals surface area contributed by atoms with Gasteiger partial charge in [0.25, 0.3) is 0 Å². The molecule has 1 amide bonds. The molecule has 1 N–H and O–H groups in total. The zero-order valence-electron chi connectivity index (χ0n) is 15.5. The van der Waals surface area contributed by atoms with Gasteiger partial charge in [-0.05, 0) is 37.1 Å². The molecule has 0 radical (unpaired) electrons. The molecule has 0 aliphatic rings. The molecule has 1 atom stereocenters. The van der Waals surface area contributed by atoms with E-state index >= 15 is 0 Å². The Labute approximate surface area is 154 Å². The van der Waals surface area contributed by atoms with Crippen LogP contribution < -0.4 is 5.32 Å². The Bertz CT molecular complexity index is 792. The standard InChI is InChI=1S/C21H25NO4/c1-5-12-25-19(23)18(22-20(24)26-21(2,3)4)14-15-10-11-16-8-6-7-9-17(16)13-15/h5-11,13,18H,1,12,14H2,2-4H3,(H,22,24)/t18-/m1/s1. The van der Waals surface area contributed by atoms with Crippen molar-refractivity contribution < 1.29 is 19.1 Å². The van der Waals surface area contributed by atoms with Gasteiger partial charge in [-0.1, -0.05) is 55.1 Å². The molecule has 0 aliphatic heterocycles. The molecule has 2 aromatic rings. The first-order valence-corrected chi connectivity index (χ1v) is 8.53. The van der Waals surface area contributed by atoms with Gasteiger partial charge in [-0.2, -0.15) is 0 Å². The first-order valence-electron chi connectivity index (χ1n) is 8.53. The number of esters is 1. The summed E-state index contributed by atoms with van der Waals surface area (Å²) < 4.78 is 10.4. The molecule has 0 saturated carbocycles. The Hall–Kier alpha value is -2.82. The van der Waals surface area contributed by atoms with Gasteiger partial charge in [0.15, 0.2) is 0 Å². The van der Waals surface area contributed by atoms with Crippen LogP contribution in [0.5, 0.6) is 0 Å². The van der Waals surface area contributed by atoms with Crippen LogP contribution in [0.3, 0.4) is 0 Å². The number of carbonyl (C=O) groups excluding carboxylic acids is 2. The lowest BCUT2D eigenvalue weighted by Gasteiger charge is -2.23. The molecular formula is C21H25NO4. The Morgan fingerprint density at radius 2 is 1.85 bits per heavy atom. The van der Waals surface area contributed by atoms with Crippen LogP contribution in [0.4, 0.5) is 4.79 Å². The van der Waals surface area contributed by atoms with Crippen molar-refractivity contribution in [2.24, 2.45) is 0 Å². The lowest BCUT2D eigenvalue weighted by Crippen LogP contribution is -2.45. The molecular weight excluding hydrogens is 330 g/mol. The second-order valence-corrected chi connectivity index (χ2v) is 7.00. The van der Waals surface area contributed by atoms with Crippen molar-refractivity contribution in [2.75, 3.05) is 6.61 Å². The summed E-state index contributed by atoms with van der Waals surface area (Å²) in [6, 6.07) is 13.0. The van der Waals surface area contributed by atoms with Crippen LogP contribution >= 0.6 is 0 Å². The van der Waals surface area contributed by atoms with E-state index in [9.17, 15) is 9.59 Å². The minimum Gasteiger partial charge on any atom is -0.460 e. The number of hydrogen-bond acceptors (Lipinski definition) is 4. The van der Waals surface area contributed by atoms with Crippen LogP contribution in [0.2, 0.25) is 0 Å². The number of hydrogen-bond donors (Lipinski definition) is 1. The predicted octanol–water partition coefficient (Wildman–Crippen LogP) is 4.00. The van der Waals surface area contributed by atoms with Gasteiger partial charge in [-0.25, -0.2) is 9.59 Å². The highest BCUT2D eigenvalue weighted by atomic mass is 16.6. The van der Waals surface area contributed by atoms with Crippen LogP contribution in [0.25, 0.3) is 10.8 Å². The van der Waals surface area contributed by atoms with Crippen molar-refractivity contribution >= 4 is 22.8 Å². The fraction of sp³-hybridized carbons (Fsp3) is 0.333. The van der Waals surface area contributed by atoms with Gasteiger partial charge in [0, 0.05) is 6.42 Å². The molecule has 2 rings (SSSR count). The van der Waals surface area contributed by atoms with Gasteiger partial charge in [0.05, 0.1) is 0 Å². The fourth-order valence-corrected chi connectivity index (χ4v) is 2.49. The average Bonchev–Trinajstić information content (AvgIpc) is 2.57. The Morgan fingerprint density at radius 1 is 1.15 bits per heavy atom. The molecule has 26 heavy (non-hydrogen) atoms. The maximum absolute atomic E-state index is 12.3. The number of benzene rings is 2. The van der Waals surface area contributed by atoms with Crippen molar-refractivity contribution in [3.63, 3.8) is 0 Å². The third kappa shape index (κ3) is 5.92. The summed E-state index contributed by atoms with van der Waals surface area (Å²) in [6.07, 6.45) is 1.14. The van der Waals surface area contributed by atoms with E-state index in [1.807, 2.05) is 42.5 Å². The van der Waals surface area contributed by atoms with Crippen LogP contribution in [-0.2, 0) is 20.7 Å². The molecule has 138 valence electrons. The van der Waals surface area contributed by atoms with Crippen molar-refractivity contribution in [3.8, 4) is 0 Å². The van der Waals surface area contributed by atoms with E-state index < -0.39 is 23.7 Å². The van der Waals surface area contributed by atoms with Crippen molar-refractivity contribution in [1.82, 2.24) is 5.32 Å². The minimum atomic E-state index is -0.842. The number of rotatable bonds is 6. The van der Waals surface area contributed by atoms with Gasteiger partial charge in [0.2, 0.25) is 0 Å². The van der Waals surface area contributed by atoms with Crippen LogP contribution in [0.15, 0.2) is 55.1 Å². The second kappa shape index (κ2) is 8.52. The van der Waals surface area contributed by atoms with E-state index in [0.717, 1.165) is 16.3 Å². The van der Waals surface area contributed by atoms with Gasteiger partial charge in [-0.15, -0.1) is 0 Å². The smallest absolute Gasteiger partial charge is 0.408 e. The SMILES string of the molecule is C=CCOC(=O)[C@@H](Cc1ccc2ccccc2c1)NC(=O)OC(C)(C)C. The van der Waals surface area contributed by atoms with Crippen LogP contribution in [-0.4, -0.2) is 30.3 Å². The van der Waals surface area contributed by atoms with Gasteiger partial charge >= 0.3 is 12.1 Å². The lowest BCUT2D eigenvalue weighted by molar-refractivity contribution is -0.144. The molecule has 0 saturated heterocycles. The van der Waals surface area contributed by atoms with Crippen molar-refractivity contribution in [3.05, 3.63) is 60.7 Å². The highest BCUT2D eigenvalue weighted by Crippen LogP contribution is 2.17. The maximum atomic E-state index is 12.3. The number of ether oxygens (including phenoxy) is 2. The summed E-state index contributed by atoms with van der Waals surface area (Å²) in [5.74, 6) is -0.524. The summed E-state index contributed by atoms with van der Waals surface area (Å²) in [5, 5.41) is 4.79. The summed E-state index contributed by atoms with van der Waals surface area (Å²) in [4.78, 5) is 24.4. The number of fused-ring (bicyclic) bond motifs is 1. The molecule has 2 aromatic carbocycles. The molecule has 0 aromatic heterocycles. The van der Waals surface area contributed by atoms with Gasteiger partial charge in [0.1, 0.15) is 18.2 Å². The largest absolute Gasteiger partial charge is 0.460 e. The summed E-state index contributed by atoms with van der Waals surface area (Å²) in [5.41, 5.74) is 0.267. The van der Waals surface area contributed by atoms with Crippen molar-refractivity contribution in [2.45, 2.75) is 38.8 Å². The van der Waals surface area contributed by atoms with Gasteiger partial charge in [-0.3, -0.25) is 0 Å². The third-order valence-electron chi connectivity index (χ3n) is 3.57. The quantitative estimate of drug-likeness (QED) is 0.628. The van der Waals surface area contributed by atoms with Crippen molar-refractivity contribution in [1.29, 1.82) is 0 Å². The minimum absolute atomic E-state index is 0.0864. The number of amides is 1. The molecule has 0 heterocycles. The van der Waals surface area contributed by atoms with E-state index in [4.69, 9.17) is 9.47 Å². The highest BCUT2D eigenvalue weighted by molar-refractivity contribution is 5.84. The number of alkyl carbamates (subject to hydrolysis) is 1. The summed E-state index contributed by atoms with van der Waals surface area (Å²) in [7, 11) is 0. The number of carbonyl (C=O) groups is 2. The zero-order chi connectivity index (χ0) is 19.2. The van der Waals surface area contributed by atoms with Crippen LogP contribution in [0.1, 0.15) is 26.3 Å². The predicted molar refractivity (Wildman–Crippen MR) is 102 cm³/mol. The summed E-state index contributed by atoms with van der Waals surface area (Å²) in [6.45, 7) is 8.91. The lowest BCUT2D eigenvalue weighted by atomic mass is 10.0. The topological polar surface area (TPSA) is 64.6 Å². The average molecular weight is 355 g/mol. The Kier molecular flexibility index (Phi) is 6.39. The van der Waals surface area contributed by atoms with E-state index in [-0.39, 0.29) is 6.61 Å². The van der Waals surface area contributed by atoms with E-state index in [1.165, 1.54) is 6.08 Å². The second-order valence-electron chi connectivity index (χ2n) is 7.00. The first kappa shape index (κ1) is 19.5. The molecule has 5 heteroatoms. The molecule has 0 fully saturated rings. The normalized spacial score (nSPS) is 12.3. The first-order chi connectivity index (χ1) is 12.3.